The van der Waals surface area contributed by atoms with Gasteiger partial charge in [-0.15, -0.1) is 0 Å². The Morgan fingerprint density at radius 3 is 2.29 bits per heavy atom. The maximum absolute atomic E-state index is 3.47. The van der Waals surface area contributed by atoms with Crippen LogP contribution in [0, 0.1) is 0 Å². The van der Waals surface area contributed by atoms with Crippen molar-refractivity contribution < 1.29 is 0 Å². The first-order valence-electron chi connectivity index (χ1n) is 6.68. The van der Waals surface area contributed by atoms with E-state index in [9.17, 15) is 0 Å². The number of nitrogens with one attached hydrogen (secondary N) is 2. The monoisotopic (exact) mass is 234 g/mol. The highest BCUT2D eigenvalue weighted by atomic mass is 14.9. The molecule has 0 spiro atoms. The van der Waals surface area contributed by atoms with E-state index in [1.54, 1.807) is 0 Å². The number of rotatable bonds is 8. The summed E-state index contributed by atoms with van der Waals surface area (Å²) in [6, 6.07) is 9.01. The Balaban J connectivity index is 2.19. The SMILES string of the molecule is CNCCCNCCc1ccc(C(C)C)cc1. The van der Waals surface area contributed by atoms with Gasteiger partial charge in [-0.25, -0.2) is 0 Å². The summed E-state index contributed by atoms with van der Waals surface area (Å²) in [6.45, 7) is 7.74. The lowest BCUT2D eigenvalue weighted by Crippen LogP contribution is -2.21. The van der Waals surface area contributed by atoms with Crippen LogP contribution in [0.4, 0.5) is 0 Å². The van der Waals surface area contributed by atoms with Gasteiger partial charge in [-0.1, -0.05) is 38.1 Å². The second kappa shape index (κ2) is 8.26. The zero-order valence-corrected chi connectivity index (χ0v) is 11.4. The van der Waals surface area contributed by atoms with Gasteiger partial charge in [-0.05, 0) is 56.6 Å². The summed E-state index contributed by atoms with van der Waals surface area (Å²) in [7, 11) is 2.00. The summed E-state index contributed by atoms with van der Waals surface area (Å²) in [5.41, 5.74) is 2.85. The van der Waals surface area contributed by atoms with E-state index in [0.717, 1.165) is 26.1 Å². The van der Waals surface area contributed by atoms with E-state index in [1.807, 2.05) is 7.05 Å². The van der Waals surface area contributed by atoms with E-state index in [0.29, 0.717) is 5.92 Å². The molecule has 17 heavy (non-hydrogen) atoms. The summed E-state index contributed by atoms with van der Waals surface area (Å²) < 4.78 is 0. The van der Waals surface area contributed by atoms with Gasteiger partial charge in [0.2, 0.25) is 0 Å². The summed E-state index contributed by atoms with van der Waals surface area (Å²) >= 11 is 0. The van der Waals surface area contributed by atoms with Crippen LogP contribution >= 0.6 is 0 Å². The zero-order chi connectivity index (χ0) is 12.5. The molecule has 2 heteroatoms. The molecule has 0 unspecified atom stereocenters. The number of benzene rings is 1. The molecule has 0 aliphatic rings. The van der Waals surface area contributed by atoms with Crippen LogP contribution in [-0.4, -0.2) is 26.7 Å². The molecule has 1 aromatic carbocycles. The quantitative estimate of drug-likeness (QED) is 0.676. The lowest BCUT2D eigenvalue weighted by molar-refractivity contribution is 0.625. The molecule has 1 rings (SSSR count). The van der Waals surface area contributed by atoms with Crippen molar-refractivity contribution in [3.8, 4) is 0 Å². The predicted molar refractivity (Wildman–Crippen MR) is 75.6 cm³/mol. The molecule has 1 aromatic rings. The molecule has 0 amide bonds. The molecule has 0 saturated heterocycles. The third kappa shape index (κ3) is 5.85. The molecule has 0 aliphatic heterocycles. The first-order chi connectivity index (χ1) is 8.24. The average Bonchev–Trinajstić information content (AvgIpc) is 2.34. The fourth-order valence-electron chi connectivity index (χ4n) is 1.82. The van der Waals surface area contributed by atoms with Gasteiger partial charge in [0.25, 0.3) is 0 Å². The van der Waals surface area contributed by atoms with Crippen molar-refractivity contribution in [2.75, 3.05) is 26.7 Å². The highest BCUT2D eigenvalue weighted by Crippen LogP contribution is 2.14. The summed E-state index contributed by atoms with van der Waals surface area (Å²) in [5, 5.41) is 6.62. The van der Waals surface area contributed by atoms with Gasteiger partial charge in [0.05, 0.1) is 0 Å². The lowest BCUT2D eigenvalue weighted by Gasteiger charge is -2.07. The molecular formula is C15H26N2. The normalized spacial score (nSPS) is 11.1. The minimum Gasteiger partial charge on any atom is -0.320 e. The van der Waals surface area contributed by atoms with Crippen LogP contribution in [0.3, 0.4) is 0 Å². The van der Waals surface area contributed by atoms with E-state index in [-0.39, 0.29) is 0 Å². The molecule has 0 aromatic heterocycles. The van der Waals surface area contributed by atoms with Gasteiger partial charge < -0.3 is 10.6 Å². The number of hydrogen-bond donors (Lipinski definition) is 2. The first kappa shape index (κ1) is 14.2. The molecule has 0 atom stereocenters. The van der Waals surface area contributed by atoms with Crippen molar-refractivity contribution in [3.63, 3.8) is 0 Å². The average molecular weight is 234 g/mol. The fraction of sp³-hybridized carbons (Fsp3) is 0.600. The smallest absolute Gasteiger partial charge is 0.000834 e. The molecule has 0 aliphatic carbocycles. The number of hydrogen-bond acceptors (Lipinski definition) is 2. The Bertz CT molecular complexity index is 290. The van der Waals surface area contributed by atoms with Crippen LogP contribution in [-0.2, 0) is 6.42 Å². The predicted octanol–water partition coefficient (Wildman–Crippen LogP) is 2.55. The van der Waals surface area contributed by atoms with Crippen LogP contribution in [0.5, 0.6) is 0 Å². The van der Waals surface area contributed by atoms with E-state index < -0.39 is 0 Å². The van der Waals surface area contributed by atoms with Crippen molar-refractivity contribution in [2.45, 2.75) is 32.6 Å². The fourth-order valence-corrected chi connectivity index (χ4v) is 1.82. The Labute approximate surface area is 106 Å². The van der Waals surface area contributed by atoms with Crippen LogP contribution in [0.2, 0.25) is 0 Å². The van der Waals surface area contributed by atoms with Crippen molar-refractivity contribution in [1.29, 1.82) is 0 Å². The maximum Gasteiger partial charge on any atom is -0.000834 e. The van der Waals surface area contributed by atoms with Crippen LogP contribution in [0.1, 0.15) is 37.3 Å². The minimum atomic E-state index is 0.628. The van der Waals surface area contributed by atoms with Crippen LogP contribution in [0.15, 0.2) is 24.3 Å². The summed E-state index contributed by atoms with van der Waals surface area (Å²) in [5.74, 6) is 0.628. The molecule has 2 N–H and O–H groups in total. The van der Waals surface area contributed by atoms with Gasteiger partial charge in [0.1, 0.15) is 0 Å². The molecule has 2 nitrogen and oxygen atoms in total. The Morgan fingerprint density at radius 1 is 1.00 bits per heavy atom. The topological polar surface area (TPSA) is 24.1 Å². The van der Waals surface area contributed by atoms with Crippen molar-refractivity contribution in [2.24, 2.45) is 0 Å². The lowest BCUT2D eigenvalue weighted by atomic mass is 10.0. The standard InChI is InChI=1S/C15H26N2/c1-13(2)15-7-5-14(6-8-15)9-12-17-11-4-10-16-3/h5-8,13,16-17H,4,9-12H2,1-3H3. The van der Waals surface area contributed by atoms with E-state index in [2.05, 4.69) is 48.7 Å². The Hall–Kier alpha value is -0.860. The van der Waals surface area contributed by atoms with E-state index in [4.69, 9.17) is 0 Å². The Morgan fingerprint density at radius 2 is 1.71 bits per heavy atom. The molecule has 0 bridgehead atoms. The summed E-state index contributed by atoms with van der Waals surface area (Å²) in [4.78, 5) is 0. The Kier molecular flexibility index (Phi) is 6.90. The van der Waals surface area contributed by atoms with Crippen LogP contribution in [0.25, 0.3) is 0 Å². The third-order valence-electron chi connectivity index (χ3n) is 3.02. The van der Waals surface area contributed by atoms with Crippen molar-refractivity contribution >= 4 is 0 Å². The van der Waals surface area contributed by atoms with Gasteiger partial charge >= 0.3 is 0 Å². The molecule has 0 fully saturated rings. The third-order valence-corrected chi connectivity index (χ3v) is 3.02. The van der Waals surface area contributed by atoms with Gasteiger partial charge in [-0.3, -0.25) is 0 Å². The summed E-state index contributed by atoms with van der Waals surface area (Å²) in [6.07, 6.45) is 2.32. The minimum absolute atomic E-state index is 0.628. The first-order valence-corrected chi connectivity index (χ1v) is 6.68. The van der Waals surface area contributed by atoms with Crippen molar-refractivity contribution in [3.05, 3.63) is 35.4 Å². The molecule has 0 radical (unpaired) electrons. The van der Waals surface area contributed by atoms with E-state index >= 15 is 0 Å². The molecular weight excluding hydrogens is 208 g/mol. The second-order valence-electron chi connectivity index (χ2n) is 4.85. The molecule has 0 saturated carbocycles. The van der Waals surface area contributed by atoms with Crippen molar-refractivity contribution in [1.82, 2.24) is 10.6 Å². The van der Waals surface area contributed by atoms with Crippen LogP contribution < -0.4 is 10.6 Å². The van der Waals surface area contributed by atoms with Gasteiger partial charge in [0.15, 0.2) is 0 Å². The van der Waals surface area contributed by atoms with E-state index in [1.165, 1.54) is 17.5 Å². The van der Waals surface area contributed by atoms with Gasteiger partial charge in [0, 0.05) is 0 Å². The maximum atomic E-state index is 3.47. The molecule has 96 valence electrons. The molecule has 0 heterocycles. The second-order valence-corrected chi connectivity index (χ2v) is 4.85. The zero-order valence-electron chi connectivity index (χ0n) is 11.4. The highest BCUT2D eigenvalue weighted by molar-refractivity contribution is 5.24. The highest BCUT2D eigenvalue weighted by Gasteiger charge is 1.98. The largest absolute Gasteiger partial charge is 0.320 e. The van der Waals surface area contributed by atoms with Gasteiger partial charge in [-0.2, -0.15) is 0 Å².